The van der Waals surface area contributed by atoms with Crippen molar-refractivity contribution < 1.29 is 4.74 Å². The van der Waals surface area contributed by atoms with Gasteiger partial charge in [-0.3, -0.25) is 0 Å². The van der Waals surface area contributed by atoms with Gasteiger partial charge in [0, 0.05) is 7.11 Å². The molecule has 0 aromatic heterocycles. The Morgan fingerprint density at radius 1 is 1.25 bits per heavy atom. The number of nitrogens with one attached hydrogen (secondary N) is 1. The molecule has 1 saturated heterocycles. The number of hydrogen-bond donors (Lipinski definition) is 1. The lowest BCUT2D eigenvalue weighted by Crippen LogP contribution is -2.33. The molecule has 1 N–H and O–H groups in total. The highest BCUT2D eigenvalue weighted by Gasteiger charge is 2.17. The average molecular weight is 276 g/mol. The largest absolute Gasteiger partial charge is 0.383 e. The van der Waals surface area contributed by atoms with E-state index in [-0.39, 0.29) is 0 Å². The zero-order chi connectivity index (χ0) is 14.2. The van der Waals surface area contributed by atoms with E-state index >= 15 is 0 Å². The predicted molar refractivity (Wildman–Crippen MR) is 83.9 cm³/mol. The predicted octanol–water partition coefficient (Wildman–Crippen LogP) is 2.70. The van der Waals surface area contributed by atoms with Crippen molar-refractivity contribution in [1.29, 1.82) is 0 Å². The number of ether oxygens (including phenoxy) is 1. The van der Waals surface area contributed by atoms with Gasteiger partial charge in [-0.1, -0.05) is 30.3 Å². The molecule has 0 saturated carbocycles. The summed E-state index contributed by atoms with van der Waals surface area (Å²) in [4.78, 5) is 2.43. The lowest BCUT2D eigenvalue weighted by atomic mass is 9.93. The van der Waals surface area contributed by atoms with Crippen molar-refractivity contribution in [2.24, 2.45) is 5.92 Å². The molecule has 1 atom stereocenters. The van der Waals surface area contributed by atoms with Gasteiger partial charge in [-0.15, -0.1) is 0 Å². The van der Waals surface area contributed by atoms with Crippen LogP contribution in [0.4, 0.5) is 0 Å². The molecule has 0 aliphatic carbocycles. The summed E-state index contributed by atoms with van der Waals surface area (Å²) in [7, 11) is 3.99. The number of hydrogen-bond acceptors (Lipinski definition) is 3. The number of nitrogens with zero attached hydrogens (tertiary/aromatic N) is 1. The van der Waals surface area contributed by atoms with Crippen LogP contribution in [0.25, 0.3) is 0 Å². The van der Waals surface area contributed by atoms with Crippen molar-refractivity contribution in [3.63, 3.8) is 0 Å². The fourth-order valence-electron chi connectivity index (χ4n) is 2.94. The van der Waals surface area contributed by atoms with Crippen molar-refractivity contribution >= 4 is 0 Å². The highest BCUT2D eigenvalue weighted by Crippen LogP contribution is 2.20. The molecule has 0 spiro atoms. The van der Waals surface area contributed by atoms with Crippen molar-refractivity contribution in [2.45, 2.75) is 25.3 Å². The molecule has 0 bridgehead atoms. The molecule has 1 unspecified atom stereocenters. The SMILES string of the molecule is COCC(NCCC1CCN(C)CC1)c1ccccc1. The molecule has 3 heteroatoms. The second-order valence-corrected chi connectivity index (χ2v) is 5.91. The summed E-state index contributed by atoms with van der Waals surface area (Å²) in [6.07, 6.45) is 3.97. The van der Waals surface area contributed by atoms with Crippen LogP contribution in [0.3, 0.4) is 0 Å². The first-order valence-electron chi connectivity index (χ1n) is 7.75. The second kappa shape index (κ2) is 8.40. The van der Waals surface area contributed by atoms with E-state index in [0.717, 1.165) is 19.1 Å². The summed E-state index contributed by atoms with van der Waals surface area (Å²) in [5, 5.41) is 3.66. The van der Waals surface area contributed by atoms with E-state index in [0.29, 0.717) is 6.04 Å². The lowest BCUT2D eigenvalue weighted by molar-refractivity contribution is 0.163. The van der Waals surface area contributed by atoms with Crippen molar-refractivity contribution in [3.05, 3.63) is 35.9 Å². The molecule has 1 aliphatic rings. The summed E-state index contributed by atoms with van der Waals surface area (Å²) < 4.78 is 5.35. The number of likely N-dealkylation sites (tertiary alicyclic amines) is 1. The normalized spacial score (nSPS) is 19.1. The third-order valence-electron chi connectivity index (χ3n) is 4.32. The van der Waals surface area contributed by atoms with Gasteiger partial charge in [-0.2, -0.15) is 0 Å². The van der Waals surface area contributed by atoms with Gasteiger partial charge in [-0.25, -0.2) is 0 Å². The lowest BCUT2D eigenvalue weighted by Gasteiger charge is -2.29. The smallest absolute Gasteiger partial charge is 0.0657 e. The van der Waals surface area contributed by atoms with Crippen molar-refractivity contribution in [2.75, 3.05) is 40.4 Å². The molecule has 1 aromatic rings. The Kier molecular flexibility index (Phi) is 6.51. The van der Waals surface area contributed by atoms with Crippen LogP contribution in [-0.4, -0.2) is 45.3 Å². The summed E-state index contributed by atoms with van der Waals surface area (Å²) in [6.45, 7) is 4.32. The quantitative estimate of drug-likeness (QED) is 0.828. The summed E-state index contributed by atoms with van der Waals surface area (Å²) in [5.41, 5.74) is 1.32. The molecule has 3 nitrogen and oxygen atoms in total. The molecule has 1 heterocycles. The molecular weight excluding hydrogens is 248 g/mol. The molecule has 1 aromatic carbocycles. The fraction of sp³-hybridized carbons (Fsp3) is 0.647. The van der Waals surface area contributed by atoms with Crippen molar-refractivity contribution in [1.82, 2.24) is 10.2 Å². The van der Waals surface area contributed by atoms with Gasteiger partial charge in [0.25, 0.3) is 0 Å². The minimum atomic E-state index is 0.312. The first kappa shape index (κ1) is 15.5. The van der Waals surface area contributed by atoms with Gasteiger partial charge < -0.3 is 15.0 Å². The van der Waals surface area contributed by atoms with E-state index in [9.17, 15) is 0 Å². The molecule has 1 aliphatic heterocycles. The molecule has 0 amide bonds. The molecular formula is C17H28N2O. The van der Waals surface area contributed by atoms with Gasteiger partial charge in [0.1, 0.15) is 0 Å². The zero-order valence-electron chi connectivity index (χ0n) is 12.8. The number of rotatable bonds is 7. The minimum absolute atomic E-state index is 0.312. The summed E-state index contributed by atoms with van der Waals surface area (Å²) >= 11 is 0. The maximum absolute atomic E-state index is 5.35. The highest BCUT2D eigenvalue weighted by atomic mass is 16.5. The van der Waals surface area contributed by atoms with Crippen LogP contribution in [0.15, 0.2) is 30.3 Å². The first-order chi connectivity index (χ1) is 9.79. The standard InChI is InChI=1S/C17H28N2O/c1-19-12-9-15(10-13-19)8-11-18-17(14-20-2)16-6-4-3-5-7-16/h3-7,15,17-18H,8-14H2,1-2H3. The van der Waals surface area contributed by atoms with Crippen LogP contribution in [0.2, 0.25) is 0 Å². The Morgan fingerprint density at radius 3 is 2.60 bits per heavy atom. The maximum atomic E-state index is 5.35. The zero-order valence-corrected chi connectivity index (χ0v) is 12.8. The number of piperidine rings is 1. The van der Waals surface area contributed by atoms with Crippen molar-refractivity contribution in [3.8, 4) is 0 Å². The van der Waals surface area contributed by atoms with E-state index in [1.54, 1.807) is 7.11 Å². The summed E-state index contributed by atoms with van der Waals surface area (Å²) in [5.74, 6) is 0.887. The molecule has 1 fully saturated rings. The average Bonchev–Trinajstić information content (AvgIpc) is 2.49. The van der Waals surface area contributed by atoms with E-state index in [4.69, 9.17) is 4.74 Å². The van der Waals surface area contributed by atoms with Gasteiger partial charge in [0.2, 0.25) is 0 Å². The third-order valence-corrected chi connectivity index (χ3v) is 4.32. The third kappa shape index (κ3) is 4.89. The Bertz CT molecular complexity index is 361. The Labute approximate surface area is 123 Å². The number of methoxy groups -OCH3 is 1. The van der Waals surface area contributed by atoms with Crippen LogP contribution >= 0.6 is 0 Å². The Morgan fingerprint density at radius 2 is 1.95 bits per heavy atom. The number of benzene rings is 1. The summed E-state index contributed by atoms with van der Waals surface area (Å²) in [6, 6.07) is 10.9. The maximum Gasteiger partial charge on any atom is 0.0657 e. The molecule has 112 valence electrons. The van der Waals surface area contributed by atoms with Gasteiger partial charge >= 0.3 is 0 Å². The second-order valence-electron chi connectivity index (χ2n) is 5.91. The van der Waals surface area contributed by atoms with E-state index in [1.165, 1.54) is 37.9 Å². The van der Waals surface area contributed by atoms with E-state index < -0.39 is 0 Å². The van der Waals surface area contributed by atoms with E-state index in [2.05, 4.69) is 47.6 Å². The topological polar surface area (TPSA) is 24.5 Å². The van der Waals surface area contributed by atoms with Crippen LogP contribution in [0, 0.1) is 5.92 Å². The van der Waals surface area contributed by atoms with E-state index in [1.807, 2.05) is 0 Å². The fourth-order valence-corrected chi connectivity index (χ4v) is 2.94. The van der Waals surface area contributed by atoms with Crippen LogP contribution in [-0.2, 0) is 4.74 Å². The highest BCUT2D eigenvalue weighted by molar-refractivity contribution is 5.18. The molecule has 20 heavy (non-hydrogen) atoms. The van der Waals surface area contributed by atoms with Gasteiger partial charge in [-0.05, 0) is 57.4 Å². The van der Waals surface area contributed by atoms with Gasteiger partial charge in [0.05, 0.1) is 12.6 Å². The van der Waals surface area contributed by atoms with Crippen LogP contribution in [0.5, 0.6) is 0 Å². The molecule has 2 rings (SSSR count). The van der Waals surface area contributed by atoms with Crippen LogP contribution < -0.4 is 5.32 Å². The Hall–Kier alpha value is -0.900. The first-order valence-corrected chi connectivity index (χ1v) is 7.75. The van der Waals surface area contributed by atoms with Crippen LogP contribution in [0.1, 0.15) is 30.9 Å². The monoisotopic (exact) mass is 276 g/mol. The Balaban J connectivity index is 1.75. The molecule has 0 radical (unpaired) electrons. The minimum Gasteiger partial charge on any atom is -0.383 e. The van der Waals surface area contributed by atoms with Gasteiger partial charge in [0.15, 0.2) is 0 Å².